The normalized spacial score (nSPS) is 22.4. The molecule has 3 atom stereocenters. The third-order valence-corrected chi connectivity index (χ3v) is 9.85. The third-order valence-electron chi connectivity index (χ3n) is 5.93. The molecule has 0 aromatic rings. The number of carbonyl (C=O) groups excluding carboxylic acids is 6. The molecule has 6 amide bonds. The maximum atomic E-state index is 12.0. The number of urea groups is 1. The van der Waals surface area contributed by atoms with Gasteiger partial charge in [0.2, 0.25) is 11.8 Å². The second-order valence-electron chi connectivity index (χ2n) is 8.76. The largest absolute Gasteiger partial charge is 0.354 e. The fourth-order valence-electron chi connectivity index (χ4n) is 4.04. The molecular formula is C22H33N5O7S3. The number of thioether (sulfide) groups is 1. The summed E-state index contributed by atoms with van der Waals surface area (Å²) in [4.78, 5) is 74.6. The third kappa shape index (κ3) is 9.93. The van der Waals surface area contributed by atoms with Crippen molar-refractivity contribution < 1.29 is 33.6 Å². The minimum atomic E-state index is -0.640. The van der Waals surface area contributed by atoms with Crippen molar-refractivity contribution in [3.05, 3.63) is 0 Å². The number of hydroxylamine groups is 2. The number of carbonyl (C=O) groups is 6. The van der Waals surface area contributed by atoms with Crippen LogP contribution >= 0.6 is 33.3 Å². The molecule has 0 unspecified atom stereocenters. The Kier molecular flexibility index (Phi) is 12.2. The fourth-order valence-corrected chi connectivity index (χ4v) is 7.54. The van der Waals surface area contributed by atoms with Crippen molar-refractivity contribution in [3.63, 3.8) is 0 Å². The summed E-state index contributed by atoms with van der Waals surface area (Å²) >= 11 is 1.87. The summed E-state index contributed by atoms with van der Waals surface area (Å²) in [6.45, 7) is 0.729. The van der Waals surface area contributed by atoms with E-state index in [1.807, 2.05) is 11.8 Å². The highest BCUT2D eigenvalue weighted by atomic mass is 33.1. The molecule has 0 bridgehead atoms. The first kappa shape index (κ1) is 29.4. The van der Waals surface area contributed by atoms with Crippen molar-refractivity contribution >= 4 is 69.0 Å². The minimum absolute atomic E-state index is 0.0361. The average Bonchev–Trinajstić information content (AvgIpc) is 3.51. The number of imide groups is 1. The predicted octanol–water partition coefficient (Wildman–Crippen LogP) is 0.713. The molecule has 3 saturated heterocycles. The minimum Gasteiger partial charge on any atom is -0.354 e. The van der Waals surface area contributed by atoms with Gasteiger partial charge in [0.1, 0.15) is 0 Å². The number of unbranched alkanes of at least 4 members (excludes halogenated alkanes) is 1. The van der Waals surface area contributed by atoms with E-state index in [1.165, 1.54) is 21.6 Å². The lowest BCUT2D eigenvalue weighted by Crippen LogP contribution is -2.36. The van der Waals surface area contributed by atoms with Gasteiger partial charge in [0.05, 0.1) is 18.5 Å². The molecule has 3 aliphatic rings. The molecule has 12 nitrogen and oxygen atoms in total. The summed E-state index contributed by atoms with van der Waals surface area (Å²) in [7, 11) is 2.85. The molecule has 15 heteroatoms. The van der Waals surface area contributed by atoms with Gasteiger partial charge >= 0.3 is 12.0 Å². The zero-order valence-corrected chi connectivity index (χ0v) is 22.9. The Morgan fingerprint density at radius 1 is 0.919 bits per heavy atom. The van der Waals surface area contributed by atoms with Crippen molar-refractivity contribution in [1.29, 1.82) is 0 Å². The number of rotatable bonds is 16. The smallest absolute Gasteiger partial charge is 0.334 e. The van der Waals surface area contributed by atoms with Crippen LogP contribution in [0.15, 0.2) is 0 Å². The maximum absolute atomic E-state index is 12.0. The zero-order valence-electron chi connectivity index (χ0n) is 20.5. The van der Waals surface area contributed by atoms with Gasteiger partial charge in [-0.3, -0.25) is 19.2 Å². The van der Waals surface area contributed by atoms with Crippen molar-refractivity contribution in [2.45, 2.75) is 68.7 Å². The molecule has 206 valence electrons. The highest BCUT2D eigenvalue weighted by Gasteiger charge is 2.42. The Morgan fingerprint density at radius 2 is 1.57 bits per heavy atom. The molecule has 4 N–H and O–H groups in total. The summed E-state index contributed by atoms with van der Waals surface area (Å²) < 4.78 is 0. The SMILES string of the molecule is O=C(CCCC[C@H]1SC[C@H]2NC(=O)N[C@H]21)NCCNC(=O)CCSSCCC(=O)ON1C(=O)CCC1=O. The molecule has 0 aliphatic carbocycles. The molecule has 0 saturated carbocycles. The van der Waals surface area contributed by atoms with Crippen LogP contribution in [0.4, 0.5) is 4.79 Å². The Balaban J connectivity index is 1.09. The summed E-state index contributed by atoms with van der Waals surface area (Å²) in [5.74, 6) is 0.125. The van der Waals surface area contributed by atoms with E-state index in [0.29, 0.717) is 47.8 Å². The van der Waals surface area contributed by atoms with Gasteiger partial charge in [-0.15, -0.1) is 5.06 Å². The van der Waals surface area contributed by atoms with E-state index in [9.17, 15) is 28.8 Å². The van der Waals surface area contributed by atoms with Crippen LogP contribution in [0.1, 0.15) is 51.4 Å². The summed E-state index contributed by atoms with van der Waals surface area (Å²) in [6.07, 6.45) is 3.61. The topological polar surface area (TPSA) is 163 Å². The first-order valence-corrected chi connectivity index (χ1v) is 15.9. The van der Waals surface area contributed by atoms with E-state index < -0.39 is 17.8 Å². The van der Waals surface area contributed by atoms with Crippen molar-refractivity contribution in [2.24, 2.45) is 0 Å². The van der Waals surface area contributed by atoms with Gasteiger partial charge in [0.25, 0.3) is 11.8 Å². The van der Waals surface area contributed by atoms with Gasteiger partial charge in [0, 0.05) is 61.3 Å². The van der Waals surface area contributed by atoms with Gasteiger partial charge < -0.3 is 26.1 Å². The molecule has 0 aromatic heterocycles. The number of hydrogen-bond acceptors (Lipinski definition) is 10. The van der Waals surface area contributed by atoms with Crippen LogP contribution in [-0.4, -0.2) is 88.4 Å². The van der Waals surface area contributed by atoms with Crippen LogP contribution in [0.2, 0.25) is 0 Å². The second kappa shape index (κ2) is 15.3. The van der Waals surface area contributed by atoms with E-state index >= 15 is 0 Å². The van der Waals surface area contributed by atoms with Gasteiger partial charge in [-0.25, -0.2) is 9.59 Å². The van der Waals surface area contributed by atoms with Gasteiger partial charge in [-0.2, -0.15) is 11.8 Å². The van der Waals surface area contributed by atoms with E-state index in [0.717, 1.165) is 25.0 Å². The highest BCUT2D eigenvalue weighted by Crippen LogP contribution is 2.33. The first-order chi connectivity index (χ1) is 17.8. The summed E-state index contributed by atoms with van der Waals surface area (Å²) in [5, 5.41) is 12.4. The van der Waals surface area contributed by atoms with Crippen LogP contribution in [-0.2, 0) is 28.8 Å². The molecule has 37 heavy (non-hydrogen) atoms. The van der Waals surface area contributed by atoms with Crippen molar-refractivity contribution in [1.82, 2.24) is 26.3 Å². The number of nitrogens with zero attached hydrogens (tertiary/aromatic N) is 1. The predicted molar refractivity (Wildman–Crippen MR) is 141 cm³/mol. The lowest BCUT2D eigenvalue weighted by Gasteiger charge is -2.16. The molecule has 0 spiro atoms. The molecular weight excluding hydrogens is 542 g/mol. The number of nitrogens with one attached hydrogen (secondary N) is 4. The van der Waals surface area contributed by atoms with E-state index in [1.54, 1.807) is 0 Å². The Bertz CT molecular complexity index is 862. The first-order valence-electron chi connectivity index (χ1n) is 12.4. The Hall–Kier alpha value is -2.13. The number of fused-ring (bicyclic) bond motifs is 1. The molecule has 3 rings (SSSR count). The number of amides is 6. The lowest BCUT2D eigenvalue weighted by molar-refractivity contribution is -0.197. The molecule has 0 radical (unpaired) electrons. The van der Waals surface area contributed by atoms with Crippen LogP contribution < -0.4 is 21.3 Å². The van der Waals surface area contributed by atoms with Crippen LogP contribution in [0.25, 0.3) is 0 Å². The quantitative estimate of drug-likeness (QED) is 0.0892. The van der Waals surface area contributed by atoms with Crippen molar-refractivity contribution in [2.75, 3.05) is 30.3 Å². The van der Waals surface area contributed by atoms with E-state index in [4.69, 9.17) is 4.84 Å². The highest BCUT2D eigenvalue weighted by molar-refractivity contribution is 8.76. The molecule has 3 fully saturated rings. The monoisotopic (exact) mass is 575 g/mol. The van der Waals surface area contributed by atoms with Crippen LogP contribution in [0.5, 0.6) is 0 Å². The van der Waals surface area contributed by atoms with E-state index in [-0.39, 0.29) is 49.2 Å². The van der Waals surface area contributed by atoms with E-state index in [2.05, 4.69) is 21.3 Å². The molecule has 3 heterocycles. The van der Waals surface area contributed by atoms with Crippen LogP contribution in [0.3, 0.4) is 0 Å². The lowest BCUT2D eigenvalue weighted by atomic mass is 10.0. The molecule has 3 aliphatic heterocycles. The maximum Gasteiger partial charge on any atom is 0.334 e. The zero-order chi connectivity index (χ0) is 26.6. The van der Waals surface area contributed by atoms with Gasteiger partial charge in [0.15, 0.2) is 0 Å². The molecule has 0 aromatic carbocycles. The summed E-state index contributed by atoms with van der Waals surface area (Å²) in [5.41, 5.74) is 0. The second-order valence-corrected chi connectivity index (χ2v) is 12.7. The average molecular weight is 576 g/mol. The Morgan fingerprint density at radius 3 is 2.27 bits per heavy atom. The fraction of sp³-hybridized carbons (Fsp3) is 0.727. The van der Waals surface area contributed by atoms with Crippen LogP contribution in [0, 0.1) is 0 Å². The van der Waals surface area contributed by atoms with Crippen molar-refractivity contribution in [3.8, 4) is 0 Å². The standard InChI is InChI=1S/C22H33N5O7S3/c28-16(4-2-1-3-15-21-14(13-35-15)25-22(33)26-21)23-9-10-24-17(29)7-11-36-37-12-8-20(32)34-27-18(30)5-6-19(27)31/h14-15,21H,1-13H2,(H,23,28)(H,24,29)(H2,25,26,33)/t14-,15-,21-/m1/s1. The number of hydrogen-bond donors (Lipinski definition) is 4. The van der Waals surface area contributed by atoms with Gasteiger partial charge in [-0.05, 0) is 12.8 Å². The summed E-state index contributed by atoms with van der Waals surface area (Å²) in [6, 6.07) is 0.324. The Labute approximate surface area is 227 Å². The van der Waals surface area contributed by atoms with Gasteiger partial charge in [-0.1, -0.05) is 28.0 Å².